The average Bonchev–Trinajstić information content (AvgIpc) is 2.88. The van der Waals surface area contributed by atoms with Crippen LogP contribution >= 0.6 is 11.3 Å². The van der Waals surface area contributed by atoms with Crippen molar-refractivity contribution in [2.75, 3.05) is 0 Å². The fourth-order valence-electron chi connectivity index (χ4n) is 5.11. The Hall–Kier alpha value is -1.22. The van der Waals surface area contributed by atoms with E-state index in [-0.39, 0.29) is 5.41 Å². The van der Waals surface area contributed by atoms with Crippen molar-refractivity contribution in [2.45, 2.75) is 37.5 Å². The number of hydrogen-bond donors (Lipinski definition) is 0. The molecule has 0 amide bonds. The number of thiazole rings is 1. The Bertz CT molecular complexity index is 668. The lowest BCUT2D eigenvalue weighted by molar-refractivity contribution is -0.142. The molecule has 6 rings (SSSR count). The first kappa shape index (κ1) is 11.4. The smallest absolute Gasteiger partial charge is 0.139 e. The van der Waals surface area contributed by atoms with Gasteiger partial charge in [-0.05, 0) is 50.2 Å². The highest BCUT2D eigenvalue weighted by molar-refractivity contribution is 7.18. The van der Waals surface area contributed by atoms with E-state index in [1.54, 1.807) is 0 Å². The number of Topliss-reactive ketones (excluding diaryl/α,β-unsaturated/α-hetero) is 1. The Morgan fingerprint density at radius 3 is 2.60 bits per heavy atom. The van der Waals surface area contributed by atoms with Crippen LogP contribution in [0.2, 0.25) is 0 Å². The minimum atomic E-state index is 0.230. The summed E-state index contributed by atoms with van der Waals surface area (Å²) < 4.78 is 1.30. The van der Waals surface area contributed by atoms with Gasteiger partial charge in [0.25, 0.3) is 0 Å². The van der Waals surface area contributed by atoms with Gasteiger partial charge in [0.15, 0.2) is 0 Å². The van der Waals surface area contributed by atoms with Crippen LogP contribution in [0.1, 0.15) is 37.1 Å². The van der Waals surface area contributed by atoms with Crippen LogP contribution in [0.25, 0.3) is 10.2 Å². The third-order valence-corrected chi connectivity index (χ3v) is 7.02. The lowest BCUT2D eigenvalue weighted by Gasteiger charge is -2.54. The minimum Gasteiger partial charge on any atom is -0.299 e. The average molecular weight is 283 g/mol. The maximum Gasteiger partial charge on any atom is 0.139 e. The molecule has 3 heteroatoms. The zero-order valence-electron chi connectivity index (χ0n) is 11.3. The van der Waals surface area contributed by atoms with Crippen molar-refractivity contribution < 1.29 is 4.79 Å². The van der Waals surface area contributed by atoms with E-state index >= 15 is 0 Å². The van der Waals surface area contributed by atoms with Crippen molar-refractivity contribution in [3.05, 3.63) is 29.3 Å². The second kappa shape index (κ2) is 3.70. The Morgan fingerprint density at radius 1 is 1.10 bits per heavy atom. The van der Waals surface area contributed by atoms with E-state index in [1.807, 2.05) is 11.3 Å². The first-order chi connectivity index (χ1) is 9.73. The number of aromatic nitrogens is 1. The van der Waals surface area contributed by atoms with Crippen LogP contribution < -0.4 is 0 Å². The van der Waals surface area contributed by atoms with Crippen LogP contribution in [0.4, 0.5) is 0 Å². The summed E-state index contributed by atoms with van der Waals surface area (Å²) in [6.07, 6.45) is 5.72. The zero-order valence-corrected chi connectivity index (χ0v) is 12.2. The number of fused-ring (bicyclic) bond motifs is 1. The first-order valence-corrected chi connectivity index (χ1v) is 8.45. The van der Waals surface area contributed by atoms with Crippen LogP contribution in [0.15, 0.2) is 24.3 Å². The molecular formula is C17H17NOS. The van der Waals surface area contributed by atoms with Crippen molar-refractivity contribution in [3.63, 3.8) is 0 Å². The highest BCUT2D eigenvalue weighted by Gasteiger charge is 2.56. The molecule has 1 aromatic heterocycles. The summed E-state index contributed by atoms with van der Waals surface area (Å²) >= 11 is 1.86. The van der Waals surface area contributed by atoms with Crippen LogP contribution in [-0.4, -0.2) is 10.8 Å². The first-order valence-electron chi connectivity index (χ1n) is 7.63. The molecule has 4 saturated carbocycles. The molecule has 0 aliphatic heterocycles. The molecule has 2 atom stereocenters. The molecule has 1 heterocycles. The molecule has 2 unspecified atom stereocenters. The lowest BCUT2D eigenvalue weighted by Crippen LogP contribution is -2.53. The number of nitrogens with zero attached hydrogens (tertiary/aromatic N) is 1. The molecule has 4 aliphatic carbocycles. The van der Waals surface area contributed by atoms with Gasteiger partial charge in [-0.2, -0.15) is 0 Å². The summed E-state index contributed by atoms with van der Waals surface area (Å²) in [4.78, 5) is 17.2. The molecule has 1 aromatic carbocycles. The number of para-hydroxylation sites is 1. The maximum absolute atomic E-state index is 12.3. The minimum absolute atomic E-state index is 0.230. The Morgan fingerprint density at radius 2 is 1.85 bits per heavy atom. The number of carbonyl (C=O) groups excluding carboxylic acids is 1. The maximum atomic E-state index is 12.3. The molecule has 4 aliphatic rings. The van der Waals surface area contributed by atoms with E-state index in [4.69, 9.17) is 4.98 Å². The fourth-order valence-corrected chi connectivity index (χ4v) is 6.29. The molecule has 0 spiro atoms. The molecule has 2 aromatic rings. The molecule has 102 valence electrons. The summed E-state index contributed by atoms with van der Waals surface area (Å²) in [7, 11) is 0. The summed E-state index contributed by atoms with van der Waals surface area (Å²) in [5.41, 5.74) is 1.36. The van der Waals surface area contributed by atoms with E-state index in [1.165, 1.54) is 16.1 Å². The highest BCUT2D eigenvalue weighted by atomic mass is 32.1. The van der Waals surface area contributed by atoms with Crippen molar-refractivity contribution in [1.29, 1.82) is 0 Å². The van der Waals surface area contributed by atoms with Crippen LogP contribution in [0, 0.1) is 17.8 Å². The molecule has 4 bridgehead atoms. The van der Waals surface area contributed by atoms with Gasteiger partial charge in [0.2, 0.25) is 0 Å². The van der Waals surface area contributed by atoms with Crippen LogP contribution in [0.5, 0.6) is 0 Å². The summed E-state index contributed by atoms with van der Waals surface area (Å²) in [6.45, 7) is 0. The number of ketones is 1. The molecule has 20 heavy (non-hydrogen) atoms. The summed E-state index contributed by atoms with van der Waals surface area (Å²) in [6, 6.07) is 8.44. The van der Waals surface area contributed by atoms with Crippen LogP contribution in [-0.2, 0) is 10.2 Å². The number of carbonyl (C=O) groups is 1. The quantitative estimate of drug-likeness (QED) is 0.793. The topological polar surface area (TPSA) is 30.0 Å². The van der Waals surface area contributed by atoms with Gasteiger partial charge in [0, 0.05) is 17.3 Å². The zero-order chi connectivity index (χ0) is 13.3. The van der Waals surface area contributed by atoms with Gasteiger partial charge in [0.1, 0.15) is 10.8 Å². The molecule has 0 N–H and O–H groups in total. The van der Waals surface area contributed by atoms with Crippen molar-refractivity contribution in [3.8, 4) is 0 Å². The van der Waals surface area contributed by atoms with Crippen molar-refractivity contribution >= 4 is 27.3 Å². The van der Waals surface area contributed by atoms with E-state index in [0.717, 1.165) is 37.1 Å². The van der Waals surface area contributed by atoms with Crippen LogP contribution in [0.3, 0.4) is 0 Å². The predicted octanol–water partition coefficient (Wildman–Crippen LogP) is 3.94. The van der Waals surface area contributed by atoms with Gasteiger partial charge in [-0.3, -0.25) is 4.79 Å². The highest BCUT2D eigenvalue weighted by Crippen LogP contribution is 2.60. The molecule has 2 nitrogen and oxygen atoms in total. The third kappa shape index (κ3) is 1.39. The van der Waals surface area contributed by atoms with E-state index in [2.05, 4.69) is 24.3 Å². The number of rotatable bonds is 1. The Labute approximate surface area is 122 Å². The second-order valence-electron chi connectivity index (χ2n) is 7.01. The van der Waals surface area contributed by atoms with E-state index in [0.29, 0.717) is 17.6 Å². The van der Waals surface area contributed by atoms with E-state index < -0.39 is 0 Å². The number of hydrogen-bond acceptors (Lipinski definition) is 3. The molecule has 4 fully saturated rings. The van der Waals surface area contributed by atoms with Gasteiger partial charge in [-0.1, -0.05) is 12.1 Å². The summed E-state index contributed by atoms with van der Waals surface area (Å²) in [5.74, 6) is 2.02. The monoisotopic (exact) mass is 283 g/mol. The Kier molecular flexibility index (Phi) is 2.12. The van der Waals surface area contributed by atoms with Crippen molar-refractivity contribution in [2.24, 2.45) is 17.8 Å². The Balaban J connectivity index is 1.64. The molecular weight excluding hydrogens is 266 g/mol. The standard InChI is InChI=1S/C17H17NOS/c19-15-11-5-10-6-12(15)9-17(7-10,8-11)16-18-13-3-1-2-4-14(13)20-16/h1-4,10-12H,5-9H2. The van der Waals surface area contributed by atoms with Gasteiger partial charge in [0.05, 0.1) is 10.2 Å². The largest absolute Gasteiger partial charge is 0.299 e. The normalized spacial score (nSPS) is 38.8. The fraction of sp³-hybridized carbons (Fsp3) is 0.529. The summed E-state index contributed by atoms with van der Waals surface area (Å²) in [5, 5.41) is 1.31. The molecule has 0 saturated heterocycles. The van der Waals surface area contributed by atoms with Gasteiger partial charge >= 0.3 is 0 Å². The van der Waals surface area contributed by atoms with Gasteiger partial charge in [-0.25, -0.2) is 4.98 Å². The third-order valence-electron chi connectivity index (χ3n) is 5.74. The number of benzene rings is 1. The lowest BCUT2D eigenvalue weighted by atomic mass is 9.49. The van der Waals surface area contributed by atoms with E-state index in [9.17, 15) is 4.79 Å². The predicted molar refractivity (Wildman–Crippen MR) is 79.9 cm³/mol. The van der Waals surface area contributed by atoms with Gasteiger partial charge < -0.3 is 0 Å². The van der Waals surface area contributed by atoms with Crippen molar-refractivity contribution in [1.82, 2.24) is 4.98 Å². The van der Waals surface area contributed by atoms with Gasteiger partial charge in [-0.15, -0.1) is 11.3 Å². The SMILES string of the molecule is O=C1C2CC3CC1CC(c1nc4ccccc4s1)(C3)C2. The molecule has 0 radical (unpaired) electrons. The second-order valence-corrected chi connectivity index (χ2v) is 8.04.